The van der Waals surface area contributed by atoms with Crippen molar-refractivity contribution in [3.05, 3.63) is 30.0 Å². The Labute approximate surface area is 97.6 Å². The van der Waals surface area contributed by atoms with Gasteiger partial charge >= 0.3 is 5.97 Å². The summed E-state index contributed by atoms with van der Waals surface area (Å²) < 4.78 is 10.3. The van der Waals surface area contributed by atoms with Gasteiger partial charge in [-0.1, -0.05) is 6.07 Å². The average molecular weight is 233 g/mol. The van der Waals surface area contributed by atoms with Crippen LogP contribution in [-0.2, 0) is 0 Å². The molecule has 0 unspecified atom stereocenters. The van der Waals surface area contributed by atoms with Crippen LogP contribution < -0.4 is 9.47 Å². The van der Waals surface area contributed by atoms with E-state index in [2.05, 4.69) is 4.98 Å². The molecular weight excluding hydrogens is 222 g/mol. The van der Waals surface area contributed by atoms with Crippen molar-refractivity contribution in [1.29, 1.82) is 0 Å². The fourth-order valence-corrected chi connectivity index (χ4v) is 1.57. The quantitative estimate of drug-likeness (QED) is 0.877. The molecule has 0 aliphatic carbocycles. The molecule has 0 saturated carbocycles. The number of carbonyl (C=O) groups is 1. The molecule has 17 heavy (non-hydrogen) atoms. The van der Waals surface area contributed by atoms with Gasteiger partial charge in [-0.3, -0.25) is 0 Å². The molecule has 0 fully saturated rings. The van der Waals surface area contributed by atoms with E-state index in [4.69, 9.17) is 14.6 Å². The Morgan fingerprint density at radius 3 is 2.59 bits per heavy atom. The third-order valence-corrected chi connectivity index (χ3v) is 2.41. The van der Waals surface area contributed by atoms with Gasteiger partial charge in [-0.25, -0.2) is 9.78 Å². The first kappa shape index (κ1) is 11.2. The van der Waals surface area contributed by atoms with Crippen LogP contribution >= 0.6 is 0 Å². The Bertz CT molecular complexity index is 580. The fourth-order valence-electron chi connectivity index (χ4n) is 1.57. The van der Waals surface area contributed by atoms with Gasteiger partial charge in [0.1, 0.15) is 22.7 Å². The minimum atomic E-state index is -1.07. The maximum absolute atomic E-state index is 10.8. The van der Waals surface area contributed by atoms with Crippen LogP contribution in [0, 0.1) is 0 Å². The number of hydrogen-bond donors (Lipinski definition) is 1. The van der Waals surface area contributed by atoms with Crippen molar-refractivity contribution in [2.75, 3.05) is 14.2 Å². The van der Waals surface area contributed by atoms with E-state index in [1.54, 1.807) is 25.3 Å². The molecule has 88 valence electrons. The zero-order chi connectivity index (χ0) is 12.4. The van der Waals surface area contributed by atoms with Crippen molar-refractivity contribution < 1.29 is 19.4 Å². The summed E-state index contributed by atoms with van der Waals surface area (Å²) in [5.74, 6) is 0.0615. The van der Waals surface area contributed by atoms with Crippen LogP contribution in [0.1, 0.15) is 10.5 Å². The van der Waals surface area contributed by atoms with Crippen LogP contribution in [-0.4, -0.2) is 30.3 Å². The molecule has 1 aromatic heterocycles. The lowest BCUT2D eigenvalue weighted by atomic mass is 10.1. The highest BCUT2D eigenvalue weighted by Gasteiger charge is 2.10. The topological polar surface area (TPSA) is 68.7 Å². The van der Waals surface area contributed by atoms with Gasteiger partial charge in [0.25, 0.3) is 0 Å². The standard InChI is InChI=1S/C12H11NO4/c1-16-8-5-7-3-4-9(12(14)15)13-11(7)10(6-8)17-2/h3-6H,1-2H3,(H,14,15). The van der Waals surface area contributed by atoms with E-state index in [0.29, 0.717) is 17.0 Å². The third-order valence-electron chi connectivity index (χ3n) is 2.41. The van der Waals surface area contributed by atoms with E-state index in [1.165, 1.54) is 13.2 Å². The summed E-state index contributed by atoms with van der Waals surface area (Å²) in [5.41, 5.74) is 0.495. The van der Waals surface area contributed by atoms with Gasteiger partial charge in [0.2, 0.25) is 0 Å². The van der Waals surface area contributed by atoms with Gasteiger partial charge in [-0.05, 0) is 12.1 Å². The summed E-state index contributed by atoms with van der Waals surface area (Å²) in [6.07, 6.45) is 0. The van der Waals surface area contributed by atoms with Crippen LogP contribution in [0.3, 0.4) is 0 Å². The zero-order valence-corrected chi connectivity index (χ0v) is 9.43. The Balaban J connectivity index is 2.71. The number of pyridine rings is 1. The molecule has 0 radical (unpaired) electrons. The molecule has 0 aliphatic heterocycles. The molecule has 5 heteroatoms. The maximum atomic E-state index is 10.8. The van der Waals surface area contributed by atoms with E-state index in [-0.39, 0.29) is 5.69 Å². The van der Waals surface area contributed by atoms with Crippen LogP contribution in [0.4, 0.5) is 0 Å². The van der Waals surface area contributed by atoms with E-state index in [0.717, 1.165) is 5.39 Å². The number of fused-ring (bicyclic) bond motifs is 1. The largest absolute Gasteiger partial charge is 0.497 e. The lowest BCUT2D eigenvalue weighted by molar-refractivity contribution is 0.0691. The van der Waals surface area contributed by atoms with Gasteiger partial charge < -0.3 is 14.6 Å². The number of rotatable bonds is 3. The Hall–Kier alpha value is -2.30. The minimum absolute atomic E-state index is 0.0130. The summed E-state index contributed by atoms with van der Waals surface area (Å²) in [6, 6.07) is 6.57. The molecular formula is C12H11NO4. The molecule has 0 spiro atoms. The molecule has 5 nitrogen and oxygen atoms in total. The van der Waals surface area contributed by atoms with Gasteiger partial charge in [-0.2, -0.15) is 0 Å². The van der Waals surface area contributed by atoms with Crippen molar-refractivity contribution >= 4 is 16.9 Å². The lowest BCUT2D eigenvalue weighted by Crippen LogP contribution is -2.00. The minimum Gasteiger partial charge on any atom is -0.497 e. The first-order chi connectivity index (χ1) is 8.15. The summed E-state index contributed by atoms with van der Waals surface area (Å²) >= 11 is 0. The van der Waals surface area contributed by atoms with Crippen LogP contribution in [0.5, 0.6) is 11.5 Å². The van der Waals surface area contributed by atoms with Crippen LogP contribution in [0.25, 0.3) is 10.9 Å². The third kappa shape index (κ3) is 1.99. The zero-order valence-electron chi connectivity index (χ0n) is 9.43. The van der Waals surface area contributed by atoms with E-state index < -0.39 is 5.97 Å². The van der Waals surface area contributed by atoms with Gasteiger partial charge in [0, 0.05) is 11.5 Å². The number of benzene rings is 1. The van der Waals surface area contributed by atoms with E-state index >= 15 is 0 Å². The fraction of sp³-hybridized carbons (Fsp3) is 0.167. The number of hydrogen-bond acceptors (Lipinski definition) is 4. The van der Waals surface area contributed by atoms with Gasteiger partial charge in [0.05, 0.1) is 14.2 Å². The first-order valence-corrected chi connectivity index (χ1v) is 4.92. The monoisotopic (exact) mass is 233 g/mol. The SMILES string of the molecule is COc1cc(OC)c2nc(C(=O)O)ccc2c1. The number of carboxylic acids is 1. The summed E-state index contributed by atoms with van der Waals surface area (Å²) in [4.78, 5) is 14.9. The van der Waals surface area contributed by atoms with Crippen molar-refractivity contribution in [3.8, 4) is 11.5 Å². The summed E-state index contributed by atoms with van der Waals surface area (Å²) in [6.45, 7) is 0. The Kier molecular flexibility index (Phi) is 2.82. The molecule has 2 aromatic rings. The number of methoxy groups -OCH3 is 2. The van der Waals surface area contributed by atoms with Crippen molar-refractivity contribution in [2.24, 2.45) is 0 Å². The number of nitrogens with zero attached hydrogens (tertiary/aromatic N) is 1. The first-order valence-electron chi connectivity index (χ1n) is 4.92. The second-order valence-electron chi connectivity index (χ2n) is 3.40. The number of aromatic carboxylic acids is 1. The average Bonchev–Trinajstić information content (AvgIpc) is 2.36. The van der Waals surface area contributed by atoms with Gasteiger partial charge in [-0.15, -0.1) is 0 Å². The van der Waals surface area contributed by atoms with Crippen molar-refractivity contribution in [3.63, 3.8) is 0 Å². The highest BCUT2D eigenvalue weighted by Crippen LogP contribution is 2.29. The van der Waals surface area contributed by atoms with E-state index in [9.17, 15) is 4.79 Å². The Morgan fingerprint density at radius 2 is 2.00 bits per heavy atom. The van der Waals surface area contributed by atoms with Crippen molar-refractivity contribution in [1.82, 2.24) is 4.98 Å². The summed E-state index contributed by atoms with van der Waals surface area (Å²) in [5, 5.41) is 9.65. The molecule has 1 heterocycles. The molecule has 1 aromatic carbocycles. The predicted molar refractivity (Wildman–Crippen MR) is 61.8 cm³/mol. The van der Waals surface area contributed by atoms with Crippen LogP contribution in [0.2, 0.25) is 0 Å². The maximum Gasteiger partial charge on any atom is 0.354 e. The molecule has 2 rings (SSSR count). The smallest absolute Gasteiger partial charge is 0.354 e. The molecule has 0 saturated heterocycles. The number of ether oxygens (including phenoxy) is 2. The van der Waals surface area contributed by atoms with Crippen LogP contribution in [0.15, 0.2) is 24.3 Å². The Morgan fingerprint density at radius 1 is 1.24 bits per heavy atom. The van der Waals surface area contributed by atoms with Crippen molar-refractivity contribution in [2.45, 2.75) is 0 Å². The van der Waals surface area contributed by atoms with Gasteiger partial charge in [0.15, 0.2) is 0 Å². The highest BCUT2D eigenvalue weighted by atomic mass is 16.5. The molecule has 0 atom stereocenters. The van der Waals surface area contributed by atoms with E-state index in [1.807, 2.05) is 0 Å². The lowest BCUT2D eigenvalue weighted by Gasteiger charge is -2.08. The molecule has 0 amide bonds. The second-order valence-corrected chi connectivity index (χ2v) is 3.40. The normalized spacial score (nSPS) is 10.2. The number of aromatic nitrogens is 1. The molecule has 1 N–H and O–H groups in total. The summed E-state index contributed by atoms with van der Waals surface area (Å²) in [7, 11) is 3.06. The predicted octanol–water partition coefficient (Wildman–Crippen LogP) is 1.95. The number of carboxylic acid groups (broad SMARTS) is 1. The second kappa shape index (κ2) is 4.29. The highest BCUT2D eigenvalue weighted by molar-refractivity contribution is 5.92. The molecule has 0 aliphatic rings. The molecule has 0 bridgehead atoms.